The number of thioether (sulfide) groups is 1. The van der Waals surface area contributed by atoms with Crippen molar-refractivity contribution < 1.29 is 9.13 Å². The molecule has 2 aromatic carbocycles. The Hall–Kier alpha value is -2.34. The summed E-state index contributed by atoms with van der Waals surface area (Å²) < 4.78 is 20.7. The molecule has 124 valence electrons. The second-order valence-electron chi connectivity index (χ2n) is 5.33. The summed E-state index contributed by atoms with van der Waals surface area (Å²) in [7, 11) is 1.91. The molecule has 4 nitrogen and oxygen atoms in total. The first-order chi connectivity index (χ1) is 11.6. The number of benzene rings is 2. The van der Waals surface area contributed by atoms with Crippen molar-refractivity contribution in [3.05, 3.63) is 59.9 Å². The fourth-order valence-electron chi connectivity index (χ4n) is 2.29. The van der Waals surface area contributed by atoms with Crippen LogP contribution >= 0.6 is 11.8 Å². The van der Waals surface area contributed by atoms with E-state index in [4.69, 9.17) is 4.74 Å². The maximum absolute atomic E-state index is 13.0. The number of aromatic nitrogens is 3. The third kappa shape index (κ3) is 3.76. The van der Waals surface area contributed by atoms with E-state index in [0.717, 1.165) is 33.6 Å². The van der Waals surface area contributed by atoms with Crippen LogP contribution in [0.5, 0.6) is 5.75 Å². The maximum Gasteiger partial charge on any atom is 0.191 e. The second-order valence-corrected chi connectivity index (χ2v) is 6.40. The molecule has 3 rings (SSSR count). The van der Waals surface area contributed by atoms with E-state index < -0.39 is 0 Å². The quantitative estimate of drug-likeness (QED) is 0.499. The standard InChI is InChI=1S/C18H18FN3OS/c1-13-5-3-4-6-16(13)23-11-12-24-18-21-20-17(22(18)2)14-7-9-15(19)10-8-14/h3-10H,11-12H2,1-2H3. The first kappa shape index (κ1) is 16.5. The molecule has 24 heavy (non-hydrogen) atoms. The normalized spacial score (nSPS) is 10.8. The lowest BCUT2D eigenvalue weighted by atomic mass is 10.2. The lowest BCUT2D eigenvalue weighted by molar-refractivity contribution is 0.341. The molecule has 0 spiro atoms. The van der Waals surface area contributed by atoms with Gasteiger partial charge in [0.1, 0.15) is 11.6 Å². The van der Waals surface area contributed by atoms with Gasteiger partial charge in [0.2, 0.25) is 0 Å². The van der Waals surface area contributed by atoms with Crippen molar-refractivity contribution in [3.63, 3.8) is 0 Å². The van der Waals surface area contributed by atoms with Crippen LogP contribution < -0.4 is 4.74 Å². The largest absolute Gasteiger partial charge is 0.492 e. The van der Waals surface area contributed by atoms with Gasteiger partial charge < -0.3 is 9.30 Å². The maximum atomic E-state index is 13.0. The number of rotatable bonds is 6. The van der Waals surface area contributed by atoms with Crippen LogP contribution in [0.25, 0.3) is 11.4 Å². The Kier molecular flexibility index (Phi) is 5.15. The number of hydrogen-bond donors (Lipinski definition) is 0. The summed E-state index contributed by atoms with van der Waals surface area (Å²) in [6, 6.07) is 14.2. The lowest BCUT2D eigenvalue weighted by Crippen LogP contribution is -2.03. The number of aryl methyl sites for hydroxylation is 1. The van der Waals surface area contributed by atoms with Gasteiger partial charge in [-0.2, -0.15) is 0 Å². The minimum atomic E-state index is -0.260. The van der Waals surface area contributed by atoms with Gasteiger partial charge in [-0.25, -0.2) is 4.39 Å². The third-order valence-electron chi connectivity index (χ3n) is 3.60. The van der Waals surface area contributed by atoms with E-state index in [-0.39, 0.29) is 5.82 Å². The second kappa shape index (κ2) is 7.49. The summed E-state index contributed by atoms with van der Waals surface area (Å²) in [6.07, 6.45) is 0. The van der Waals surface area contributed by atoms with Crippen molar-refractivity contribution in [3.8, 4) is 17.1 Å². The zero-order valence-corrected chi connectivity index (χ0v) is 14.4. The molecule has 0 fully saturated rings. The lowest BCUT2D eigenvalue weighted by Gasteiger charge is -2.08. The van der Waals surface area contributed by atoms with Crippen LogP contribution in [0.2, 0.25) is 0 Å². The molecule has 0 unspecified atom stereocenters. The molecular formula is C18H18FN3OS. The molecule has 0 amide bonds. The van der Waals surface area contributed by atoms with Crippen molar-refractivity contribution >= 4 is 11.8 Å². The summed E-state index contributed by atoms with van der Waals surface area (Å²) in [5, 5.41) is 9.21. The topological polar surface area (TPSA) is 39.9 Å². The van der Waals surface area contributed by atoms with E-state index in [1.165, 1.54) is 12.1 Å². The summed E-state index contributed by atoms with van der Waals surface area (Å²) in [6.45, 7) is 2.62. The van der Waals surface area contributed by atoms with Gasteiger partial charge in [-0.15, -0.1) is 10.2 Å². The molecular weight excluding hydrogens is 325 g/mol. The van der Waals surface area contributed by atoms with E-state index in [9.17, 15) is 4.39 Å². The fraction of sp³-hybridized carbons (Fsp3) is 0.222. The minimum absolute atomic E-state index is 0.260. The predicted octanol–water partition coefficient (Wildman–Crippen LogP) is 4.10. The zero-order valence-electron chi connectivity index (χ0n) is 13.6. The highest BCUT2D eigenvalue weighted by atomic mass is 32.2. The molecule has 0 saturated heterocycles. The molecule has 0 atom stereocenters. The first-order valence-corrected chi connectivity index (χ1v) is 8.60. The number of ether oxygens (including phenoxy) is 1. The van der Waals surface area contributed by atoms with Crippen molar-refractivity contribution in [1.29, 1.82) is 0 Å². The molecule has 1 aromatic heterocycles. The first-order valence-electron chi connectivity index (χ1n) is 7.61. The molecule has 6 heteroatoms. The highest BCUT2D eigenvalue weighted by Crippen LogP contribution is 2.23. The number of nitrogens with zero attached hydrogens (tertiary/aromatic N) is 3. The van der Waals surface area contributed by atoms with E-state index in [0.29, 0.717) is 6.61 Å². The highest BCUT2D eigenvalue weighted by molar-refractivity contribution is 7.99. The minimum Gasteiger partial charge on any atom is -0.492 e. The van der Waals surface area contributed by atoms with Crippen LogP contribution in [0.3, 0.4) is 0 Å². The van der Waals surface area contributed by atoms with Crippen LogP contribution in [0, 0.1) is 12.7 Å². The average Bonchev–Trinajstić information content (AvgIpc) is 2.95. The number of halogens is 1. The van der Waals surface area contributed by atoms with Gasteiger partial charge in [0.05, 0.1) is 6.61 Å². The highest BCUT2D eigenvalue weighted by Gasteiger charge is 2.11. The van der Waals surface area contributed by atoms with Crippen molar-refractivity contribution in [1.82, 2.24) is 14.8 Å². The van der Waals surface area contributed by atoms with E-state index in [2.05, 4.69) is 10.2 Å². The Morgan fingerprint density at radius 2 is 1.83 bits per heavy atom. The van der Waals surface area contributed by atoms with Gasteiger partial charge in [0.15, 0.2) is 11.0 Å². The average molecular weight is 343 g/mol. The van der Waals surface area contributed by atoms with Gasteiger partial charge in [-0.05, 0) is 42.8 Å². The van der Waals surface area contributed by atoms with Gasteiger partial charge in [0, 0.05) is 18.4 Å². The van der Waals surface area contributed by atoms with E-state index in [1.807, 2.05) is 42.8 Å². The Morgan fingerprint density at radius 3 is 2.58 bits per heavy atom. The fourth-order valence-corrected chi connectivity index (χ4v) is 3.02. The summed E-state index contributed by atoms with van der Waals surface area (Å²) in [4.78, 5) is 0. The summed E-state index contributed by atoms with van der Waals surface area (Å²) in [5.74, 6) is 2.13. The molecule has 0 aliphatic heterocycles. The monoisotopic (exact) mass is 343 g/mol. The number of para-hydroxylation sites is 1. The molecule has 0 aliphatic carbocycles. The van der Waals surface area contributed by atoms with Crippen molar-refractivity contribution in [2.75, 3.05) is 12.4 Å². The van der Waals surface area contributed by atoms with E-state index in [1.54, 1.807) is 23.9 Å². The van der Waals surface area contributed by atoms with Gasteiger partial charge in [0.25, 0.3) is 0 Å². The zero-order chi connectivity index (χ0) is 16.9. The van der Waals surface area contributed by atoms with E-state index >= 15 is 0 Å². The van der Waals surface area contributed by atoms with Crippen LogP contribution in [0.15, 0.2) is 53.7 Å². The van der Waals surface area contributed by atoms with Gasteiger partial charge in [-0.1, -0.05) is 30.0 Å². The van der Waals surface area contributed by atoms with Gasteiger partial charge >= 0.3 is 0 Å². The van der Waals surface area contributed by atoms with Crippen LogP contribution in [0.1, 0.15) is 5.56 Å². The molecule has 0 aliphatic rings. The predicted molar refractivity (Wildman–Crippen MR) is 93.8 cm³/mol. The van der Waals surface area contributed by atoms with Crippen LogP contribution in [0.4, 0.5) is 4.39 Å². The SMILES string of the molecule is Cc1ccccc1OCCSc1nnc(-c2ccc(F)cc2)n1C. The summed E-state index contributed by atoms with van der Waals surface area (Å²) in [5.41, 5.74) is 1.97. The number of hydrogen-bond acceptors (Lipinski definition) is 4. The van der Waals surface area contributed by atoms with Crippen molar-refractivity contribution in [2.45, 2.75) is 12.1 Å². The Labute approximate surface area is 144 Å². The Bertz CT molecular complexity index is 817. The van der Waals surface area contributed by atoms with Gasteiger partial charge in [-0.3, -0.25) is 0 Å². The van der Waals surface area contributed by atoms with Crippen molar-refractivity contribution in [2.24, 2.45) is 7.05 Å². The Balaban J connectivity index is 1.58. The summed E-state index contributed by atoms with van der Waals surface area (Å²) >= 11 is 1.58. The smallest absolute Gasteiger partial charge is 0.191 e. The molecule has 0 radical (unpaired) electrons. The Morgan fingerprint density at radius 1 is 1.08 bits per heavy atom. The molecule has 1 heterocycles. The molecule has 0 N–H and O–H groups in total. The molecule has 0 saturated carbocycles. The van der Waals surface area contributed by atoms with Crippen LogP contribution in [-0.2, 0) is 7.05 Å². The molecule has 3 aromatic rings. The van der Waals surface area contributed by atoms with Crippen LogP contribution in [-0.4, -0.2) is 27.1 Å². The third-order valence-corrected chi connectivity index (χ3v) is 4.59. The molecule has 0 bridgehead atoms.